The van der Waals surface area contributed by atoms with Gasteiger partial charge in [0.1, 0.15) is 5.82 Å². The number of carbonyl (C=O) groups is 2. The molecule has 34 heavy (non-hydrogen) atoms. The number of amides is 2. The van der Waals surface area contributed by atoms with Crippen LogP contribution in [-0.2, 0) is 4.79 Å². The molecule has 4 aromatic rings. The number of benzene rings is 3. The van der Waals surface area contributed by atoms with Gasteiger partial charge in [-0.1, -0.05) is 53.7 Å². The van der Waals surface area contributed by atoms with Gasteiger partial charge in [-0.25, -0.2) is 4.39 Å². The van der Waals surface area contributed by atoms with E-state index in [1.54, 1.807) is 12.1 Å². The van der Waals surface area contributed by atoms with Gasteiger partial charge in [-0.3, -0.25) is 25.0 Å². The maximum atomic E-state index is 13.7. The van der Waals surface area contributed by atoms with Crippen molar-refractivity contribution in [3.63, 3.8) is 0 Å². The molecule has 172 valence electrons. The molecule has 10 heteroatoms. The molecular formula is C24H19ClFN5O2S. The highest BCUT2D eigenvalue weighted by atomic mass is 35.5. The third-order valence-corrected chi connectivity index (χ3v) is 6.04. The number of halogens is 2. The van der Waals surface area contributed by atoms with E-state index in [9.17, 15) is 14.0 Å². The Kier molecular flexibility index (Phi) is 7.24. The number of carbonyl (C=O) groups excluding carboxylic acids is 2. The lowest BCUT2D eigenvalue weighted by Gasteiger charge is -2.13. The van der Waals surface area contributed by atoms with Gasteiger partial charge >= 0.3 is 0 Å². The second-order valence-electron chi connectivity index (χ2n) is 7.21. The van der Waals surface area contributed by atoms with Crippen LogP contribution in [0.1, 0.15) is 15.9 Å². The summed E-state index contributed by atoms with van der Waals surface area (Å²) in [7, 11) is 0. The molecule has 0 aliphatic heterocycles. The van der Waals surface area contributed by atoms with E-state index in [4.69, 9.17) is 11.6 Å². The second-order valence-corrected chi connectivity index (χ2v) is 8.58. The van der Waals surface area contributed by atoms with Crippen LogP contribution in [0.25, 0.3) is 17.1 Å². The van der Waals surface area contributed by atoms with Gasteiger partial charge in [0.15, 0.2) is 11.0 Å². The molecule has 0 unspecified atom stereocenters. The first-order valence-corrected chi connectivity index (χ1v) is 11.5. The lowest BCUT2D eigenvalue weighted by Crippen LogP contribution is -2.42. The molecule has 0 saturated carbocycles. The maximum Gasteiger partial charge on any atom is 0.272 e. The molecule has 0 spiro atoms. The first-order valence-electron chi connectivity index (χ1n) is 10.2. The van der Waals surface area contributed by atoms with Crippen LogP contribution in [0.2, 0.25) is 5.02 Å². The van der Waals surface area contributed by atoms with E-state index in [1.807, 2.05) is 47.9 Å². The molecule has 4 rings (SSSR count). The summed E-state index contributed by atoms with van der Waals surface area (Å²) in [6, 6.07) is 20.5. The molecule has 1 heterocycles. The number of aryl methyl sites for hydroxylation is 1. The van der Waals surface area contributed by atoms with E-state index < -0.39 is 17.6 Å². The van der Waals surface area contributed by atoms with Crippen molar-refractivity contribution in [1.29, 1.82) is 0 Å². The van der Waals surface area contributed by atoms with Crippen molar-refractivity contribution in [3.05, 3.63) is 94.8 Å². The molecule has 0 aliphatic carbocycles. The highest BCUT2D eigenvalue weighted by Crippen LogP contribution is 2.30. The smallest absolute Gasteiger partial charge is 0.272 e. The number of thioether (sulfide) groups is 1. The van der Waals surface area contributed by atoms with Crippen molar-refractivity contribution in [1.82, 2.24) is 25.6 Å². The Morgan fingerprint density at radius 1 is 0.971 bits per heavy atom. The van der Waals surface area contributed by atoms with Crippen LogP contribution in [0.4, 0.5) is 4.39 Å². The molecule has 0 aliphatic rings. The van der Waals surface area contributed by atoms with Crippen LogP contribution in [0.15, 0.2) is 78.0 Å². The predicted octanol–water partition coefficient (Wildman–Crippen LogP) is 4.59. The summed E-state index contributed by atoms with van der Waals surface area (Å²) < 4.78 is 15.6. The van der Waals surface area contributed by atoms with E-state index in [-0.39, 0.29) is 11.3 Å². The first-order chi connectivity index (χ1) is 16.4. The van der Waals surface area contributed by atoms with E-state index in [0.29, 0.717) is 16.0 Å². The first kappa shape index (κ1) is 23.5. The van der Waals surface area contributed by atoms with Crippen LogP contribution in [0.5, 0.6) is 0 Å². The number of hydrazine groups is 1. The minimum absolute atomic E-state index is 0.0534. The van der Waals surface area contributed by atoms with Crippen molar-refractivity contribution < 1.29 is 14.0 Å². The third-order valence-electron chi connectivity index (χ3n) is 4.86. The second kappa shape index (κ2) is 10.5. The highest BCUT2D eigenvalue weighted by molar-refractivity contribution is 7.99. The van der Waals surface area contributed by atoms with Gasteiger partial charge in [-0.05, 0) is 55.0 Å². The number of nitrogens with one attached hydrogen (secondary N) is 2. The van der Waals surface area contributed by atoms with E-state index >= 15 is 0 Å². The normalized spacial score (nSPS) is 10.7. The Hall–Kier alpha value is -3.69. The largest absolute Gasteiger partial charge is 0.272 e. The Bertz CT molecular complexity index is 1340. The summed E-state index contributed by atoms with van der Waals surface area (Å²) >= 11 is 7.18. The van der Waals surface area contributed by atoms with Gasteiger partial charge in [-0.15, -0.1) is 10.2 Å². The number of rotatable bonds is 6. The van der Waals surface area contributed by atoms with Crippen LogP contribution in [-0.4, -0.2) is 32.3 Å². The minimum Gasteiger partial charge on any atom is -0.272 e. The van der Waals surface area contributed by atoms with Crippen LogP contribution in [0, 0.1) is 12.7 Å². The zero-order valence-corrected chi connectivity index (χ0v) is 19.5. The van der Waals surface area contributed by atoms with Gasteiger partial charge in [0.05, 0.1) is 17.0 Å². The van der Waals surface area contributed by atoms with Gasteiger partial charge in [0, 0.05) is 10.6 Å². The molecule has 2 amide bonds. The fourth-order valence-corrected chi connectivity index (χ4v) is 4.06. The Balaban J connectivity index is 1.51. The Morgan fingerprint density at radius 3 is 2.41 bits per heavy atom. The quantitative estimate of drug-likeness (QED) is 0.302. The lowest BCUT2D eigenvalue weighted by atomic mass is 10.1. The fraction of sp³-hybridized carbons (Fsp3) is 0.0833. The summed E-state index contributed by atoms with van der Waals surface area (Å²) in [5.41, 5.74) is 7.03. The van der Waals surface area contributed by atoms with E-state index in [2.05, 4.69) is 21.0 Å². The van der Waals surface area contributed by atoms with Gasteiger partial charge in [0.2, 0.25) is 5.91 Å². The summed E-state index contributed by atoms with van der Waals surface area (Å²) in [4.78, 5) is 24.5. The van der Waals surface area contributed by atoms with Crippen molar-refractivity contribution >= 4 is 35.2 Å². The molecule has 3 aromatic carbocycles. The van der Waals surface area contributed by atoms with Gasteiger partial charge < -0.3 is 0 Å². The van der Waals surface area contributed by atoms with Crippen LogP contribution < -0.4 is 10.9 Å². The lowest BCUT2D eigenvalue weighted by molar-refractivity contribution is -0.119. The predicted molar refractivity (Wildman–Crippen MR) is 129 cm³/mol. The average Bonchev–Trinajstić information content (AvgIpc) is 3.26. The molecular weight excluding hydrogens is 477 g/mol. The van der Waals surface area contributed by atoms with Gasteiger partial charge in [-0.2, -0.15) is 0 Å². The molecule has 0 saturated heterocycles. The maximum absolute atomic E-state index is 13.7. The molecule has 0 radical (unpaired) electrons. The monoisotopic (exact) mass is 495 g/mol. The molecule has 1 aromatic heterocycles. The molecule has 0 bridgehead atoms. The van der Waals surface area contributed by atoms with E-state index in [1.165, 1.54) is 24.3 Å². The minimum atomic E-state index is -0.746. The number of hydrogen-bond acceptors (Lipinski definition) is 5. The zero-order valence-electron chi connectivity index (χ0n) is 18.0. The third kappa shape index (κ3) is 5.27. The number of para-hydroxylation sites is 1. The Labute approximate surface area is 204 Å². The number of nitrogens with zero attached hydrogens (tertiary/aromatic N) is 3. The van der Waals surface area contributed by atoms with Crippen LogP contribution in [0.3, 0.4) is 0 Å². The van der Waals surface area contributed by atoms with Crippen molar-refractivity contribution in [3.8, 4) is 17.1 Å². The molecule has 0 atom stereocenters. The average molecular weight is 496 g/mol. The van der Waals surface area contributed by atoms with Crippen molar-refractivity contribution in [2.75, 3.05) is 5.75 Å². The number of aromatic nitrogens is 3. The molecule has 2 N–H and O–H groups in total. The fourth-order valence-electron chi connectivity index (χ4n) is 3.19. The topological polar surface area (TPSA) is 88.9 Å². The SMILES string of the molecule is Cc1ccccc1-n1c(SCC(=O)NNC(=O)c2ccccc2F)nnc1-c1ccc(Cl)cc1. The molecule has 7 nitrogen and oxygen atoms in total. The van der Waals surface area contributed by atoms with Crippen molar-refractivity contribution in [2.24, 2.45) is 0 Å². The van der Waals surface area contributed by atoms with Crippen molar-refractivity contribution in [2.45, 2.75) is 12.1 Å². The summed E-state index contributed by atoms with van der Waals surface area (Å²) in [6.45, 7) is 1.97. The zero-order chi connectivity index (χ0) is 24.1. The van der Waals surface area contributed by atoms with Crippen LogP contribution >= 0.6 is 23.4 Å². The highest BCUT2D eigenvalue weighted by Gasteiger charge is 2.19. The molecule has 0 fully saturated rings. The standard InChI is InChI=1S/C24H19ClFN5O2S/c1-15-6-2-5-9-20(15)31-22(16-10-12-17(25)13-11-16)28-30-24(31)34-14-21(32)27-29-23(33)18-7-3-4-8-19(18)26/h2-13H,14H2,1H3,(H,27,32)(H,29,33). The van der Waals surface area contributed by atoms with E-state index in [0.717, 1.165) is 28.6 Å². The van der Waals surface area contributed by atoms with Gasteiger partial charge in [0.25, 0.3) is 5.91 Å². The summed E-state index contributed by atoms with van der Waals surface area (Å²) in [5, 5.41) is 9.73. The summed E-state index contributed by atoms with van der Waals surface area (Å²) in [6.07, 6.45) is 0. The number of hydrogen-bond donors (Lipinski definition) is 2. The summed E-state index contributed by atoms with van der Waals surface area (Å²) in [5.74, 6) is -1.36. The Morgan fingerprint density at radius 2 is 1.68 bits per heavy atom.